The van der Waals surface area contributed by atoms with E-state index < -0.39 is 48.8 Å². The van der Waals surface area contributed by atoms with Crippen molar-refractivity contribution in [2.45, 2.75) is 31.7 Å². The lowest BCUT2D eigenvalue weighted by molar-refractivity contribution is -0.160. The SMILES string of the molecule is O=C(NCC(=O)N1C[C@H](OC(F)F)C[C@H]1C(=O)NCc1cc2cnccc2[nH]1)c1ccc(F)c(Oc2ccsc2)c1. The van der Waals surface area contributed by atoms with E-state index in [0.29, 0.717) is 11.4 Å². The maximum Gasteiger partial charge on any atom is 0.345 e. The van der Waals surface area contributed by atoms with Crippen molar-refractivity contribution in [1.82, 2.24) is 25.5 Å². The largest absolute Gasteiger partial charge is 0.453 e. The highest BCUT2D eigenvalue weighted by Crippen LogP contribution is 2.27. The molecule has 0 saturated carbocycles. The molecule has 0 bridgehead atoms. The molecule has 3 N–H and O–H groups in total. The predicted molar refractivity (Wildman–Crippen MR) is 142 cm³/mol. The number of hydrogen-bond donors (Lipinski definition) is 3. The summed E-state index contributed by atoms with van der Waals surface area (Å²) in [4.78, 5) is 47.1. The third-order valence-electron chi connectivity index (χ3n) is 6.43. The zero-order valence-corrected chi connectivity index (χ0v) is 22.1. The molecule has 4 aromatic rings. The highest BCUT2D eigenvalue weighted by Gasteiger charge is 2.41. The summed E-state index contributed by atoms with van der Waals surface area (Å²) in [5.41, 5.74) is 1.55. The molecule has 1 aliphatic rings. The molecule has 0 aliphatic carbocycles. The zero-order chi connectivity index (χ0) is 28.9. The number of likely N-dealkylation sites (tertiary alicyclic amines) is 1. The van der Waals surface area contributed by atoms with Gasteiger partial charge in [0.2, 0.25) is 11.8 Å². The molecule has 1 fully saturated rings. The van der Waals surface area contributed by atoms with Gasteiger partial charge in [-0.3, -0.25) is 19.4 Å². The Kier molecular flexibility index (Phi) is 8.50. The second-order valence-electron chi connectivity index (χ2n) is 9.18. The van der Waals surface area contributed by atoms with Gasteiger partial charge in [-0.15, -0.1) is 11.3 Å². The monoisotopic (exact) mass is 587 g/mol. The molecule has 14 heteroatoms. The van der Waals surface area contributed by atoms with Crippen LogP contribution in [-0.4, -0.2) is 64.4 Å². The molecule has 0 radical (unpaired) electrons. The van der Waals surface area contributed by atoms with Gasteiger partial charge in [-0.25, -0.2) is 4.39 Å². The van der Waals surface area contributed by atoms with E-state index in [0.717, 1.165) is 21.9 Å². The number of nitrogens with zero attached hydrogens (tertiary/aromatic N) is 2. The van der Waals surface area contributed by atoms with Crippen molar-refractivity contribution in [1.29, 1.82) is 0 Å². The van der Waals surface area contributed by atoms with Gasteiger partial charge in [-0.05, 0) is 41.8 Å². The van der Waals surface area contributed by atoms with E-state index in [2.05, 4.69) is 25.3 Å². The molecule has 0 unspecified atom stereocenters. The van der Waals surface area contributed by atoms with Crippen LogP contribution in [0.2, 0.25) is 0 Å². The van der Waals surface area contributed by atoms with Crippen molar-refractivity contribution in [3.63, 3.8) is 0 Å². The number of carbonyl (C=O) groups is 3. The number of ether oxygens (including phenoxy) is 2. The van der Waals surface area contributed by atoms with E-state index in [1.54, 1.807) is 35.3 Å². The van der Waals surface area contributed by atoms with Crippen molar-refractivity contribution in [3.05, 3.63) is 76.6 Å². The minimum Gasteiger partial charge on any atom is -0.453 e. The van der Waals surface area contributed by atoms with Crippen molar-refractivity contribution >= 4 is 40.0 Å². The number of aromatic amines is 1. The predicted octanol–water partition coefficient (Wildman–Crippen LogP) is 3.81. The summed E-state index contributed by atoms with van der Waals surface area (Å²) in [6, 6.07) is 7.63. The fourth-order valence-electron chi connectivity index (χ4n) is 4.51. The Morgan fingerprint density at radius 3 is 2.78 bits per heavy atom. The normalized spacial score (nSPS) is 16.7. The van der Waals surface area contributed by atoms with Crippen LogP contribution in [0.15, 0.2) is 59.6 Å². The van der Waals surface area contributed by atoms with E-state index in [1.807, 2.05) is 6.07 Å². The van der Waals surface area contributed by atoms with Crippen LogP contribution >= 0.6 is 11.3 Å². The lowest BCUT2D eigenvalue weighted by Crippen LogP contribution is -2.49. The minimum absolute atomic E-state index is 0.0348. The fourth-order valence-corrected chi connectivity index (χ4v) is 5.06. The van der Waals surface area contributed by atoms with Gasteiger partial charge >= 0.3 is 6.61 Å². The first-order chi connectivity index (χ1) is 19.8. The first-order valence-electron chi connectivity index (χ1n) is 12.5. The van der Waals surface area contributed by atoms with Crippen LogP contribution in [0.3, 0.4) is 0 Å². The Bertz CT molecular complexity index is 1510. The first-order valence-corrected chi connectivity index (χ1v) is 13.4. The Morgan fingerprint density at radius 1 is 1.17 bits per heavy atom. The molecule has 2 atom stereocenters. The van der Waals surface area contributed by atoms with Crippen LogP contribution in [-0.2, 0) is 20.9 Å². The quantitative estimate of drug-likeness (QED) is 0.259. The number of amides is 3. The van der Waals surface area contributed by atoms with Crippen molar-refractivity contribution in [2.75, 3.05) is 13.1 Å². The molecule has 5 rings (SSSR count). The van der Waals surface area contributed by atoms with Crippen LogP contribution in [0, 0.1) is 5.82 Å². The molecular formula is C27H24F3N5O5S. The lowest BCUT2D eigenvalue weighted by Gasteiger charge is -2.24. The molecule has 4 heterocycles. The molecular weight excluding hydrogens is 563 g/mol. The number of alkyl halides is 2. The molecule has 214 valence electrons. The summed E-state index contributed by atoms with van der Waals surface area (Å²) in [6.07, 6.45) is 2.07. The van der Waals surface area contributed by atoms with Crippen LogP contribution in [0.5, 0.6) is 11.5 Å². The fraction of sp³-hybridized carbons (Fsp3) is 0.259. The van der Waals surface area contributed by atoms with E-state index in [9.17, 15) is 27.6 Å². The average molecular weight is 588 g/mol. The topological polar surface area (TPSA) is 126 Å². The number of rotatable bonds is 10. The summed E-state index contributed by atoms with van der Waals surface area (Å²) in [5.74, 6) is -2.37. The number of fused-ring (bicyclic) bond motifs is 1. The minimum atomic E-state index is -3.08. The lowest BCUT2D eigenvalue weighted by atomic mass is 10.1. The summed E-state index contributed by atoms with van der Waals surface area (Å²) in [7, 11) is 0. The van der Waals surface area contributed by atoms with E-state index >= 15 is 0 Å². The van der Waals surface area contributed by atoms with Gasteiger partial charge in [0, 0.05) is 52.9 Å². The van der Waals surface area contributed by atoms with E-state index in [-0.39, 0.29) is 30.8 Å². The Balaban J connectivity index is 1.21. The standard InChI is InChI=1S/C27H24F3N5O5S/c28-20-2-1-15(8-23(20)39-18-4-6-41-14-18)25(37)33-12-24(36)35-13-19(40-27(29)30)9-22(35)26(38)32-11-17-7-16-10-31-5-3-21(16)34-17/h1-8,10,14,19,22,27,34H,9,11-13H2,(H,32,38)(H,33,37)/t19-,22+/m1/s1. The van der Waals surface area contributed by atoms with Crippen molar-refractivity contribution in [3.8, 4) is 11.5 Å². The van der Waals surface area contributed by atoms with Gasteiger partial charge < -0.3 is 30.0 Å². The summed E-state index contributed by atoms with van der Waals surface area (Å²) < 4.78 is 50.0. The molecule has 0 spiro atoms. The number of aromatic nitrogens is 2. The highest BCUT2D eigenvalue weighted by molar-refractivity contribution is 7.08. The summed E-state index contributed by atoms with van der Waals surface area (Å²) in [6.45, 7) is -3.77. The van der Waals surface area contributed by atoms with Crippen LogP contribution in [0.4, 0.5) is 13.2 Å². The van der Waals surface area contributed by atoms with Crippen LogP contribution < -0.4 is 15.4 Å². The molecule has 1 aromatic carbocycles. The van der Waals surface area contributed by atoms with Crippen LogP contribution in [0.1, 0.15) is 22.5 Å². The molecule has 41 heavy (non-hydrogen) atoms. The number of thiophene rings is 1. The number of halogens is 3. The van der Waals surface area contributed by atoms with Gasteiger partial charge in [0.1, 0.15) is 11.8 Å². The van der Waals surface area contributed by atoms with Gasteiger partial charge in [0.05, 0.1) is 19.2 Å². The Hall–Kier alpha value is -4.43. The summed E-state index contributed by atoms with van der Waals surface area (Å²) in [5, 5.41) is 9.41. The maximum absolute atomic E-state index is 14.2. The second kappa shape index (κ2) is 12.4. The van der Waals surface area contributed by atoms with Gasteiger partial charge in [0.25, 0.3) is 5.91 Å². The van der Waals surface area contributed by atoms with E-state index in [1.165, 1.54) is 23.5 Å². The number of benzene rings is 1. The summed E-state index contributed by atoms with van der Waals surface area (Å²) >= 11 is 1.35. The number of H-pyrrole nitrogens is 1. The number of nitrogens with one attached hydrogen (secondary N) is 3. The number of pyridine rings is 1. The van der Waals surface area contributed by atoms with E-state index in [4.69, 9.17) is 4.74 Å². The molecule has 1 saturated heterocycles. The average Bonchev–Trinajstić information content (AvgIpc) is 3.71. The van der Waals surface area contributed by atoms with Gasteiger partial charge in [-0.1, -0.05) is 0 Å². The van der Waals surface area contributed by atoms with Crippen LogP contribution in [0.25, 0.3) is 10.9 Å². The third kappa shape index (κ3) is 6.84. The third-order valence-corrected chi connectivity index (χ3v) is 7.09. The smallest absolute Gasteiger partial charge is 0.345 e. The Labute approximate surface area is 235 Å². The van der Waals surface area contributed by atoms with Crippen molar-refractivity contribution < 1.29 is 37.0 Å². The number of hydrogen-bond acceptors (Lipinski definition) is 7. The highest BCUT2D eigenvalue weighted by atomic mass is 32.1. The molecule has 10 nitrogen and oxygen atoms in total. The number of carbonyl (C=O) groups excluding carboxylic acids is 3. The van der Waals surface area contributed by atoms with Gasteiger partial charge in [0.15, 0.2) is 11.6 Å². The van der Waals surface area contributed by atoms with Crippen molar-refractivity contribution in [2.24, 2.45) is 0 Å². The molecule has 3 amide bonds. The Morgan fingerprint density at radius 2 is 2.02 bits per heavy atom. The second-order valence-corrected chi connectivity index (χ2v) is 9.96. The van der Waals surface area contributed by atoms with Gasteiger partial charge in [-0.2, -0.15) is 8.78 Å². The maximum atomic E-state index is 14.2. The molecule has 1 aliphatic heterocycles. The zero-order valence-electron chi connectivity index (χ0n) is 21.3. The first kappa shape index (κ1) is 28.1. The molecule has 3 aromatic heterocycles.